The Bertz CT molecular complexity index is 690. The molecule has 0 aliphatic carbocycles. The molecule has 0 radical (unpaired) electrons. The van der Waals surface area contributed by atoms with Gasteiger partial charge in [-0.1, -0.05) is 6.07 Å². The van der Waals surface area contributed by atoms with Gasteiger partial charge in [-0.25, -0.2) is 4.98 Å². The predicted molar refractivity (Wildman–Crippen MR) is 77.6 cm³/mol. The number of hydrogen-bond donors (Lipinski definition) is 1. The summed E-state index contributed by atoms with van der Waals surface area (Å²) < 4.78 is 1.93. The molecule has 3 aromatic rings. The molecule has 20 heavy (non-hydrogen) atoms. The van der Waals surface area contributed by atoms with Crippen LogP contribution in [0.1, 0.15) is 24.4 Å². The summed E-state index contributed by atoms with van der Waals surface area (Å²) in [5.41, 5.74) is 1.63. The third-order valence-electron chi connectivity index (χ3n) is 2.99. The minimum absolute atomic E-state index is 0.0473. The molecule has 0 spiro atoms. The number of carbonyl (C=O) groups excluding carboxylic acids is 1. The molecule has 1 N–H and O–H groups in total. The van der Waals surface area contributed by atoms with Crippen LogP contribution in [0.3, 0.4) is 0 Å². The summed E-state index contributed by atoms with van der Waals surface area (Å²) in [6.45, 7) is 1.92. The molecule has 3 heterocycles. The van der Waals surface area contributed by atoms with Crippen LogP contribution in [-0.4, -0.2) is 20.3 Å². The number of imidazole rings is 1. The first-order chi connectivity index (χ1) is 9.72. The fraction of sp³-hybridized carbons (Fsp3) is 0.214. The highest BCUT2D eigenvalue weighted by Crippen LogP contribution is 2.12. The van der Waals surface area contributed by atoms with Gasteiger partial charge in [-0.15, -0.1) is 11.3 Å². The predicted octanol–water partition coefficient (Wildman–Crippen LogP) is 2.21. The van der Waals surface area contributed by atoms with Crippen LogP contribution in [0, 0.1) is 0 Å². The Morgan fingerprint density at radius 1 is 1.50 bits per heavy atom. The van der Waals surface area contributed by atoms with Gasteiger partial charge in [0.15, 0.2) is 4.96 Å². The van der Waals surface area contributed by atoms with Crippen molar-refractivity contribution in [1.82, 2.24) is 19.7 Å². The number of nitrogens with zero attached hydrogens (tertiary/aromatic N) is 3. The van der Waals surface area contributed by atoms with Crippen molar-refractivity contribution in [2.24, 2.45) is 0 Å². The van der Waals surface area contributed by atoms with Crippen molar-refractivity contribution in [2.45, 2.75) is 19.4 Å². The van der Waals surface area contributed by atoms with E-state index in [-0.39, 0.29) is 18.4 Å². The number of pyridine rings is 1. The molecule has 0 bridgehead atoms. The lowest BCUT2D eigenvalue weighted by Crippen LogP contribution is -2.28. The van der Waals surface area contributed by atoms with Crippen LogP contribution >= 0.6 is 11.3 Å². The standard InChI is InChI=1S/C14H14N4OS/c1-10(12-4-2-3-5-15-12)16-13(19)8-11-9-18-6-7-20-14(18)17-11/h2-7,9-10H,8H2,1H3,(H,16,19)/t10-/m1/s1. The Labute approximate surface area is 120 Å². The van der Waals surface area contributed by atoms with Crippen LogP contribution in [0.4, 0.5) is 0 Å². The Morgan fingerprint density at radius 2 is 2.40 bits per heavy atom. The van der Waals surface area contributed by atoms with Crippen LogP contribution in [0.15, 0.2) is 42.2 Å². The SMILES string of the molecule is C[C@@H](NC(=O)Cc1cn2ccsc2n1)c1ccccn1. The maximum Gasteiger partial charge on any atom is 0.226 e. The summed E-state index contributed by atoms with van der Waals surface area (Å²) in [6.07, 6.45) is 5.83. The molecular formula is C14H14N4OS. The molecule has 5 nitrogen and oxygen atoms in total. The van der Waals surface area contributed by atoms with Crippen molar-refractivity contribution >= 4 is 22.2 Å². The molecule has 102 valence electrons. The van der Waals surface area contributed by atoms with Gasteiger partial charge in [0, 0.05) is 24.0 Å². The van der Waals surface area contributed by atoms with Gasteiger partial charge in [0.25, 0.3) is 0 Å². The Balaban J connectivity index is 1.63. The van der Waals surface area contributed by atoms with Crippen molar-refractivity contribution in [3.05, 3.63) is 53.6 Å². The minimum Gasteiger partial charge on any atom is -0.348 e. The van der Waals surface area contributed by atoms with Gasteiger partial charge < -0.3 is 5.32 Å². The molecule has 3 aromatic heterocycles. The van der Waals surface area contributed by atoms with Gasteiger partial charge >= 0.3 is 0 Å². The van der Waals surface area contributed by atoms with Crippen molar-refractivity contribution in [2.75, 3.05) is 0 Å². The van der Waals surface area contributed by atoms with Crippen LogP contribution in [0.2, 0.25) is 0 Å². The first-order valence-electron chi connectivity index (χ1n) is 6.34. The highest BCUT2D eigenvalue weighted by atomic mass is 32.1. The van der Waals surface area contributed by atoms with Gasteiger partial charge in [0.1, 0.15) is 0 Å². The van der Waals surface area contributed by atoms with E-state index in [1.165, 1.54) is 0 Å². The van der Waals surface area contributed by atoms with Crippen LogP contribution < -0.4 is 5.32 Å². The first-order valence-corrected chi connectivity index (χ1v) is 7.22. The summed E-state index contributed by atoms with van der Waals surface area (Å²) in [5.74, 6) is -0.0473. The van der Waals surface area contributed by atoms with Gasteiger partial charge in [-0.3, -0.25) is 14.2 Å². The molecule has 1 amide bonds. The molecule has 1 atom stereocenters. The summed E-state index contributed by atoms with van der Waals surface area (Å²) in [5, 5.41) is 4.90. The van der Waals surface area contributed by atoms with Gasteiger partial charge in [0.05, 0.1) is 23.9 Å². The van der Waals surface area contributed by atoms with Crippen LogP contribution in [0.5, 0.6) is 0 Å². The zero-order valence-corrected chi connectivity index (χ0v) is 11.8. The molecule has 0 saturated heterocycles. The Hall–Kier alpha value is -2.21. The largest absolute Gasteiger partial charge is 0.348 e. The maximum absolute atomic E-state index is 12.0. The number of thiazole rings is 1. The Morgan fingerprint density at radius 3 is 3.15 bits per heavy atom. The van der Waals surface area contributed by atoms with E-state index in [9.17, 15) is 4.79 Å². The fourth-order valence-corrected chi connectivity index (χ4v) is 2.74. The topological polar surface area (TPSA) is 59.3 Å². The van der Waals surface area contributed by atoms with Crippen molar-refractivity contribution in [1.29, 1.82) is 0 Å². The third-order valence-corrected chi connectivity index (χ3v) is 3.76. The number of hydrogen-bond acceptors (Lipinski definition) is 4. The summed E-state index contributed by atoms with van der Waals surface area (Å²) in [4.78, 5) is 21.5. The zero-order valence-electron chi connectivity index (χ0n) is 11.0. The summed E-state index contributed by atoms with van der Waals surface area (Å²) in [6, 6.07) is 5.56. The molecule has 0 unspecified atom stereocenters. The smallest absolute Gasteiger partial charge is 0.226 e. The number of aromatic nitrogens is 3. The number of nitrogens with one attached hydrogen (secondary N) is 1. The number of rotatable bonds is 4. The zero-order chi connectivity index (χ0) is 13.9. The minimum atomic E-state index is -0.104. The second-order valence-corrected chi connectivity index (χ2v) is 5.42. The molecular weight excluding hydrogens is 272 g/mol. The normalized spacial score (nSPS) is 12.4. The average Bonchev–Trinajstić information content (AvgIpc) is 3.00. The van der Waals surface area contributed by atoms with E-state index in [1.807, 2.05) is 47.3 Å². The van der Waals surface area contributed by atoms with Gasteiger partial charge in [-0.05, 0) is 19.1 Å². The fourth-order valence-electron chi connectivity index (χ4n) is 2.02. The molecule has 0 fully saturated rings. The van der Waals surface area contributed by atoms with Gasteiger partial charge in [0.2, 0.25) is 5.91 Å². The number of fused-ring (bicyclic) bond motifs is 1. The Kier molecular flexibility index (Phi) is 3.47. The molecule has 3 rings (SSSR count). The average molecular weight is 286 g/mol. The quantitative estimate of drug-likeness (QED) is 0.800. The number of amides is 1. The van der Waals surface area contributed by atoms with E-state index in [1.54, 1.807) is 17.5 Å². The third kappa shape index (κ3) is 2.70. The van der Waals surface area contributed by atoms with Crippen molar-refractivity contribution in [3.8, 4) is 0 Å². The van der Waals surface area contributed by atoms with E-state index < -0.39 is 0 Å². The lowest BCUT2D eigenvalue weighted by atomic mass is 10.2. The van der Waals surface area contributed by atoms with Crippen molar-refractivity contribution in [3.63, 3.8) is 0 Å². The van der Waals surface area contributed by atoms with E-state index in [0.29, 0.717) is 0 Å². The highest BCUT2D eigenvalue weighted by Gasteiger charge is 2.12. The van der Waals surface area contributed by atoms with Gasteiger partial charge in [-0.2, -0.15) is 0 Å². The maximum atomic E-state index is 12.0. The van der Waals surface area contributed by atoms with Crippen LogP contribution in [0.25, 0.3) is 4.96 Å². The van der Waals surface area contributed by atoms with E-state index >= 15 is 0 Å². The lowest BCUT2D eigenvalue weighted by molar-refractivity contribution is -0.121. The molecule has 6 heteroatoms. The summed E-state index contributed by atoms with van der Waals surface area (Å²) in [7, 11) is 0. The van der Waals surface area contributed by atoms with E-state index in [2.05, 4.69) is 15.3 Å². The van der Waals surface area contributed by atoms with Crippen LogP contribution in [-0.2, 0) is 11.2 Å². The summed E-state index contributed by atoms with van der Waals surface area (Å²) >= 11 is 1.56. The first kappa shape index (κ1) is 12.8. The lowest BCUT2D eigenvalue weighted by Gasteiger charge is -2.12. The van der Waals surface area contributed by atoms with Crippen molar-refractivity contribution < 1.29 is 4.79 Å². The molecule has 0 aliphatic rings. The molecule has 0 aliphatic heterocycles. The monoisotopic (exact) mass is 286 g/mol. The van der Waals surface area contributed by atoms with E-state index in [0.717, 1.165) is 16.3 Å². The van der Waals surface area contributed by atoms with E-state index in [4.69, 9.17) is 0 Å². The second-order valence-electron chi connectivity index (χ2n) is 4.55. The molecule has 0 saturated carbocycles. The second kappa shape index (κ2) is 5.42. The highest BCUT2D eigenvalue weighted by molar-refractivity contribution is 7.15. The number of carbonyl (C=O) groups is 1. The molecule has 0 aromatic carbocycles.